The van der Waals surface area contributed by atoms with Crippen molar-refractivity contribution in [2.75, 3.05) is 0 Å². The van der Waals surface area contributed by atoms with Crippen molar-refractivity contribution in [2.24, 2.45) is 11.5 Å². The summed E-state index contributed by atoms with van der Waals surface area (Å²) in [4.78, 5) is 111. The van der Waals surface area contributed by atoms with E-state index in [0.717, 1.165) is 34.8 Å². The third-order valence-corrected chi connectivity index (χ3v) is 12.5. The smallest absolute Gasteiger partial charge is 0.261 e. The molecule has 4 aromatic heterocycles. The third kappa shape index (κ3) is 4.43. The highest BCUT2D eigenvalue weighted by molar-refractivity contribution is 5.99. The zero-order valence-corrected chi connectivity index (χ0v) is 28.5. The second-order valence-electron chi connectivity index (χ2n) is 15.3. The summed E-state index contributed by atoms with van der Waals surface area (Å²) in [5.41, 5.74) is 7.76. The number of aromatic nitrogens is 4. The molecule has 0 saturated heterocycles. The molecule has 4 N–H and O–H groups in total. The molecule has 0 bridgehead atoms. The standard InChI is InChI=1S/C38H38N6O8/c39-25-7-1-3-9-27(25)41-31(45)17-13-21-22(14-18(17)32(41)46)36(50)43(35(21)49)29-11-5-6-12-30(29)44-37(51)23-15-19-20(16-24(23)38(44)52)34(48)42(33(19)47)28-10-4-2-8-26(28)40/h13-16,25-30H,1-12,39-40H2/t25-,26-,27-,28?,29-,30-/m0/s1. The minimum atomic E-state index is -0.875. The number of hydrogen-bond donors (Lipinski definition) is 2. The van der Waals surface area contributed by atoms with Gasteiger partial charge in [0.25, 0.3) is 44.5 Å². The zero-order valence-electron chi connectivity index (χ0n) is 28.5. The molecule has 0 spiro atoms. The number of rotatable bonds is 4. The van der Waals surface area contributed by atoms with Crippen LogP contribution in [0.3, 0.4) is 0 Å². The first-order chi connectivity index (χ1) is 25.0. The first-order valence-corrected chi connectivity index (χ1v) is 18.4. The van der Waals surface area contributed by atoms with Crippen LogP contribution in [0.4, 0.5) is 0 Å². The van der Waals surface area contributed by atoms with Gasteiger partial charge < -0.3 is 11.5 Å². The monoisotopic (exact) mass is 706 g/mol. The van der Waals surface area contributed by atoms with E-state index in [4.69, 9.17) is 11.5 Å². The molecule has 2 aromatic carbocycles. The molecular weight excluding hydrogens is 668 g/mol. The number of nitrogens with zero attached hydrogens (tertiary/aromatic N) is 4. The molecule has 1 unspecified atom stereocenters. The highest BCUT2D eigenvalue weighted by Crippen LogP contribution is 2.36. The predicted octanol–water partition coefficient (Wildman–Crippen LogP) is 1.38. The van der Waals surface area contributed by atoms with Gasteiger partial charge in [0.1, 0.15) is 0 Å². The Bertz CT molecular complexity index is 2560. The maximum absolute atomic E-state index is 14.1. The lowest BCUT2D eigenvalue weighted by Gasteiger charge is -2.31. The lowest BCUT2D eigenvalue weighted by Crippen LogP contribution is -2.42. The number of hydrogen-bond acceptors (Lipinski definition) is 10. The fourth-order valence-electron chi connectivity index (χ4n) is 9.84. The quantitative estimate of drug-likeness (QED) is 0.269. The Labute approximate surface area is 292 Å². The lowest BCUT2D eigenvalue weighted by molar-refractivity contribution is 0.229. The van der Waals surface area contributed by atoms with E-state index < -0.39 is 68.6 Å². The van der Waals surface area contributed by atoms with Gasteiger partial charge in [0.05, 0.1) is 67.3 Å². The van der Waals surface area contributed by atoms with Crippen molar-refractivity contribution in [3.63, 3.8) is 0 Å². The molecule has 0 aliphatic heterocycles. The van der Waals surface area contributed by atoms with Crippen molar-refractivity contribution < 1.29 is 0 Å². The van der Waals surface area contributed by atoms with E-state index in [9.17, 15) is 38.4 Å². The number of fused-ring (bicyclic) bond motifs is 4. The molecule has 0 amide bonds. The molecule has 52 heavy (non-hydrogen) atoms. The Morgan fingerprint density at radius 1 is 0.327 bits per heavy atom. The summed E-state index contributed by atoms with van der Waals surface area (Å²) in [5, 5.41) is 0.142. The van der Waals surface area contributed by atoms with E-state index in [1.165, 1.54) is 33.4 Å². The molecule has 3 aliphatic rings. The van der Waals surface area contributed by atoms with Gasteiger partial charge in [0.2, 0.25) is 0 Å². The van der Waals surface area contributed by atoms with Crippen molar-refractivity contribution in [1.29, 1.82) is 0 Å². The summed E-state index contributed by atoms with van der Waals surface area (Å²) in [7, 11) is 0. The topological polar surface area (TPSA) is 208 Å². The fraction of sp³-hybridized carbons (Fsp3) is 0.474. The zero-order chi connectivity index (χ0) is 36.3. The van der Waals surface area contributed by atoms with Crippen LogP contribution in [0.5, 0.6) is 0 Å². The van der Waals surface area contributed by atoms with E-state index >= 15 is 0 Å². The Morgan fingerprint density at radius 2 is 0.519 bits per heavy atom. The average Bonchev–Trinajstić information content (AvgIpc) is 3.73. The molecule has 14 heteroatoms. The van der Waals surface area contributed by atoms with Crippen molar-refractivity contribution >= 4 is 43.1 Å². The van der Waals surface area contributed by atoms with Crippen molar-refractivity contribution in [1.82, 2.24) is 18.3 Å². The van der Waals surface area contributed by atoms with Crippen LogP contribution in [0.15, 0.2) is 62.6 Å². The van der Waals surface area contributed by atoms with Crippen LogP contribution >= 0.6 is 0 Å². The average molecular weight is 707 g/mol. The van der Waals surface area contributed by atoms with Gasteiger partial charge in [-0.25, -0.2) is 0 Å². The molecule has 6 aromatic rings. The van der Waals surface area contributed by atoms with E-state index in [0.29, 0.717) is 51.4 Å². The van der Waals surface area contributed by atoms with Crippen molar-refractivity contribution in [3.8, 4) is 0 Å². The second-order valence-corrected chi connectivity index (χ2v) is 15.3. The number of nitrogens with two attached hydrogens (primary N) is 2. The molecule has 14 nitrogen and oxygen atoms in total. The van der Waals surface area contributed by atoms with Crippen LogP contribution in [0, 0.1) is 0 Å². The van der Waals surface area contributed by atoms with Crippen LogP contribution in [0.1, 0.15) is 101 Å². The third-order valence-electron chi connectivity index (χ3n) is 12.5. The van der Waals surface area contributed by atoms with Gasteiger partial charge in [-0.15, -0.1) is 0 Å². The molecule has 3 aliphatic carbocycles. The Hall–Kier alpha value is -5.08. The SMILES string of the molecule is N[C@H]1CCCCC1n1c(=O)c2cc3c(=O)n([C@H]4CCCC[C@@H]4n4c(=O)c5cc6c(=O)n([C@H]7CCCC[C@@H]7N)c(=O)c6cc5c4=O)c(=O)c3cc2c1=O. The fourth-order valence-corrected chi connectivity index (χ4v) is 9.84. The van der Waals surface area contributed by atoms with E-state index in [-0.39, 0.29) is 55.2 Å². The molecule has 6 atom stereocenters. The van der Waals surface area contributed by atoms with Crippen LogP contribution in [0.2, 0.25) is 0 Å². The van der Waals surface area contributed by atoms with Crippen molar-refractivity contribution in [2.45, 2.75) is 113 Å². The van der Waals surface area contributed by atoms with Gasteiger partial charge in [-0.3, -0.25) is 56.6 Å². The number of benzene rings is 2. The summed E-state index contributed by atoms with van der Waals surface area (Å²) in [5.74, 6) is 0. The maximum Gasteiger partial charge on any atom is 0.261 e. The summed E-state index contributed by atoms with van der Waals surface area (Å²) < 4.78 is 4.48. The first-order valence-electron chi connectivity index (χ1n) is 18.4. The summed E-state index contributed by atoms with van der Waals surface area (Å²) >= 11 is 0. The van der Waals surface area contributed by atoms with Crippen LogP contribution in [0.25, 0.3) is 43.1 Å². The Balaban J connectivity index is 1.17. The largest absolute Gasteiger partial charge is 0.326 e. The maximum atomic E-state index is 14.1. The Kier molecular flexibility index (Phi) is 7.39. The van der Waals surface area contributed by atoms with E-state index in [2.05, 4.69) is 0 Å². The van der Waals surface area contributed by atoms with Gasteiger partial charge in [0.15, 0.2) is 0 Å². The van der Waals surface area contributed by atoms with Gasteiger partial charge in [0, 0.05) is 12.1 Å². The van der Waals surface area contributed by atoms with Gasteiger partial charge in [-0.1, -0.05) is 38.5 Å². The summed E-state index contributed by atoms with van der Waals surface area (Å²) in [6, 6.07) is 1.88. The molecule has 4 heterocycles. The van der Waals surface area contributed by atoms with Crippen molar-refractivity contribution in [3.05, 3.63) is 107 Å². The second kappa shape index (κ2) is 11.7. The van der Waals surface area contributed by atoms with Crippen LogP contribution < -0.4 is 55.9 Å². The summed E-state index contributed by atoms with van der Waals surface area (Å²) in [6.07, 6.45) is 7.90. The predicted molar refractivity (Wildman–Crippen MR) is 197 cm³/mol. The molecule has 0 radical (unpaired) electrons. The molecular formula is C38H38N6O8. The normalized spacial score (nSPS) is 26.0. The molecule has 3 fully saturated rings. The molecule has 268 valence electrons. The Morgan fingerprint density at radius 3 is 0.750 bits per heavy atom. The highest BCUT2D eigenvalue weighted by atomic mass is 16.2. The van der Waals surface area contributed by atoms with E-state index in [1.807, 2.05) is 0 Å². The van der Waals surface area contributed by atoms with Crippen LogP contribution in [-0.2, 0) is 0 Å². The minimum Gasteiger partial charge on any atom is -0.326 e. The van der Waals surface area contributed by atoms with E-state index in [1.54, 1.807) is 0 Å². The molecule has 3 saturated carbocycles. The minimum absolute atomic E-state index is 0.0120. The first kappa shape index (κ1) is 32.8. The van der Waals surface area contributed by atoms with Crippen LogP contribution in [-0.4, -0.2) is 30.4 Å². The van der Waals surface area contributed by atoms with Gasteiger partial charge >= 0.3 is 0 Å². The van der Waals surface area contributed by atoms with Gasteiger partial charge in [-0.2, -0.15) is 0 Å². The molecule has 9 rings (SSSR count). The highest BCUT2D eigenvalue weighted by Gasteiger charge is 2.36. The summed E-state index contributed by atoms with van der Waals surface area (Å²) in [6.45, 7) is 0. The lowest BCUT2D eigenvalue weighted by atomic mass is 9.90. The van der Waals surface area contributed by atoms with Gasteiger partial charge in [-0.05, 0) is 62.8 Å².